The fourth-order valence-corrected chi connectivity index (χ4v) is 7.48. The molecule has 0 aromatic heterocycles. The Labute approximate surface area is 291 Å². The summed E-state index contributed by atoms with van der Waals surface area (Å²) in [6.45, 7) is 4.87. The van der Waals surface area contributed by atoms with Crippen LogP contribution in [0.2, 0.25) is 10.0 Å². The van der Waals surface area contributed by atoms with Gasteiger partial charge in [0, 0.05) is 46.5 Å². The van der Waals surface area contributed by atoms with Crippen LogP contribution < -0.4 is 14.7 Å². The van der Waals surface area contributed by atoms with E-state index >= 15 is 0 Å². The van der Waals surface area contributed by atoms with Gasteiger partial charge in [0.2, 0.25) is 0 Å². The van der Waals surface area contributed by atoms with Crippen molar-refractivity contribution < 1.29 is 19.1 Å². The third kappa shape index (κ3) is 5.71. The Morgan fingerprint density at radius 2 is 1.25 bits per heavy atom. The van der Waals surface area contributed by atoms with Gasteiger partial charge in [-0.15, -0.1) is 0 Å². The SMILES string of the molecule is CCC1/C(=C\C(=O)OC)N(c2ccccc2)/C(=C(\C)C(=O)OC)C12N(Cc1ccc(Cl)cc1)c1ccccc1N2Cc1ccc(Cl)cc1. The van der Waals surface area contributed by atoms with Crippen LogP contribution in [0.3, 0.4) is 0 Å². The van der Waals surface area contributed by atoms with Crippen LogP contribution in [0.15, 0.2) is 126 Å². The van der Waals surface area contributed by atoms with Crippen molar-refractivity contribution in [3.8, 4) is 0 Å². The van der Waals surface area contributed by atoms with Crippen LogP contribution in [-0.4, -0.2) is 31.8 Å². The molecule has 1 atom stereocenters. The van der Waals surface area contributed by atoms with Crippen molar-refractivity contribution in [2.75, 3.05) is 28.9 Å². The minimum absolute atomic E-state index is 0.335. The summed E-state index contributed by atoms with van der Waals surface area (Å²) in [6.07, 6.45) is 2.18. The average Bonchev–Trinajstić information content (AvgIpc) is 3.54. The number of methoxy groups -OCH3 is 2. The van der Waals surface area contributed by atoms with Crippen LogP contribution in [0.1, 0.15) is 31.4 Å². The molecule has 0 aliphatic carbocycles. The van der Waals surface area contributed by atoms with Gasteiger partial charge in [0.05, 0.1) is 36.9 Å². The van der Waals surface area contributed by atoms with E-state index in [2.05, 4.69) is 28.9 Å². The highest BCUT2D eigenvalue weighted by molar-refractivity contribution is 6.30. The number of carbonyl (C=O) groups is 2. The lowest BCUT2D eigenvalue weighted by atomic mass is 9.84. The zero-order chi connectivity index (χ0) is 34.0. The third-order valence-electron chi connectivity index (χ3n) is 9.20. The average molecular weight is 683 g/mol. The number of carbonyl (C=O) groups excluding carboxylic acids is 2. The smallest absolute Gasteiger partial charge is 0.335 e. The van der Waals surface area contributed by atoms with E-state index < -0.39 is 17.6 Å². The van der Waals surface area contributed by atoms with E-state index in [9.17, 15) is 9.59 Å². The number of nitrogens with zero attached hydrogens (tertiary/aromatic N) is 3. The number of fused-ring (bicyclic) bond motifs is 1. The van der Waals surface area contributed by atoms with E-state index in [4.69, 9.17) is 32.7 Å². The fraction of sp³-hybridized carbons (Fsp3) is 0.231. The van der Waals surface area contributed by atoms with Gasteiger partial charge in [-0.1, -0.05) is 84.7 Å². The second kappa shape index (κ2) is 13.8. The van der Waals surface area contributed by atoms with Crippen molar-refractivity contribution in [3.63, 3.8) is 0 Å². The van der Waals surface area contributed by atoms with Crippen molar-refractivity contribution in [2.24, 2.45) is 5.92 Å². The molecule has 7 nitrogen and oxygen atoms in total. The number of esters is 2. The standard InChI is InChI=1S/C39H37Cl2N3O4/c1-5-32-35(23-36(45)47-3)44(31-11-7-6-8-12-31)37(26(2)38(46)48-4)39(32)42(24-27-15-19-29(40)20-16-27)33-13-9-10-14-34(33)43(39)25-28-17-21-30(41)22-18-28/h6-23,32H,5,24-25H2,1-4H3/b35-23+,37-26+. The zero-order valence-corrected chi connectivity index (χ0v) is 28.8. The van der Waals surface area contributed by atoms with Gasteiger partial charge in [0.25, 0.3) is 0 Å². The Balaban J connectivity index is 1.74. The Kier molecular flexibility index (Phi) is 9.54. The van der Waals surface area contributed by atoms with Crippen LogP contribution in [0.4, 0.5) is 17.1 Å². The van der Waals surface area contributed by atoms with Crippen LogP contribution in [0, 0.1) is 5.92 Å². The molecule has 0 N–H and O–H groups in total. The first-order valence-corrected chi connectivity index (χ1v) is 16.6. The summed E-state index contributed by atoms with van der Waals surface area (Å²) in [6, 6.07) is 33.7. The van der Waals surface area contributed by atoms with Crippen molar-refractivity contribution in [1.29, 1.82) is 0 Å². The van der Waals surface area contributed by atoms with Gasteiger partial charge < -0.3 is 24.2 Å². The third-order valence-corrected chi connectivity index (χ3v) is 9.71. The molecule has 1 saturated heterocycles. The van der Waals surface area contributed by atoms with E-state index in [-0.39, 0.29) is 5.92 Å². The van der Waals surface area contributed by atoms with Gasteiger partial charge in [-0.05, 0) is 73.0 Å². The summed E-state index contributed by atoms with van der Waals surface area (Å²) in [4.78, 5) is 33.8. The van der Waals surface area contributed by atoms with Gasteiger partial charge in [-0.2, -0.15) is 0 Å². The lowest BCUT2D eigenvalue weighted by molar-refractivity contribution is -0.136. The summed E-state index contributed by atoms with van der Waals surface area (Å²) >= 11 is 12.7. The molecule has 9 heteroatoms. The highest BCUT2D eigenvalue weighted by Gasteiger charge is 2.64. The quantitative estimate of drug-likeness (QED) is 0.136. The van der Waals surface area contributed by atoms with Crippen LogP contribution in [0.5, 0.6) is 0 Å². The summed E-state index contributed by atoms with van der Waals surface area (Å²) in [5, 5.41) is 1.29. The highest BCUT2D eigenvalue weighted by atomic mass is 35.5. The topological polar surface area (TPSA) is 62.3 Å². The first-order valence-electron chi connectivity index (χ1n) is 15.8. The molecular formula is C39H37Cl2N3O4. The molecule has 6 rings (SSSR count). The molecule has 48 heavy (non-hydrogen) atoms. The van der Waals surface area contributed by atoms with Gasteiger partial charge in [0.15, 0.2) is 5.66 Å². The van der Waals surface area contributed by atoms with Crippen molar-refractivity contribution in [1.82, 2.24) is 0 Å². The lowest BCUT2D eigenvalue weighted by Gasteiger charge is -2.48. The van der Waals surface area contributed by atoms with E-state index in [1.165, 1.54) is 14.2 Å². The molecular weight excluding hydrogens is 645 g/mol. The summed E-state index contributed by atoms with van der Waals surface area (Å²) < 4.78 is 10.7. The molecule has 4 aromatic carbocycles. The Morgan fingerprint density at radius 1 is 0.750 bits per heavy atom. The number of halogens is 2. The van der Waals surface area contributed by atoms with E-state index in [0.717, 1.165) is 28.2 Å². The fourth-order valence-electron chi connectivity index (χ4n) is 7.23. The largest absolute Gasteiger partial charge is 0.466 e. The molecule has 0 radical (unpaired) electrons. The maximum atomic E-state index is 13.8. The number of rotatable bonds is 8. The minimum atomic E-state index is -1.02. The Bertz CT molecular complexity index is 1800. The second-order valence-electron chi connectivity index (χ2n) is 11.8. The van der Waals surface area contributed by atoms with Crippen molar-refractivity contribution in [2.45, 2.75) is 39.0 Å². The minimum Gasteiger partial charge on any atom is -0.466 e. The van der Waals surface area contributed by atoms with E-state index in [1.54, 1.807) is 13.0 Å². The number of anilines is 3. The number of hydrogen-bond donors (Lipinski definition) is 0. The number of benzene rings is 4. The normalized spacial score (nSPS) is 18.3. The van der Waals surface area contributed by atoms with Crippen LogP contribution >= 0.6 is 23.2 Å². The predicted octanol–water partition coefficient (Wildman–Crippen LogP) is 8.77. The summed E-state index contributed by atoms with van der Waals surface area (Å²) in [7, 11) is 2.77. The van der Waals surface area contributed by atoms with Gasteiger partial charge in [0.1, 0.15) is 0 Å². The number of para-hydroxylation sites is 3. The summed E-state index contributed by atoms with van der Waals surface area (Å²) in [5.74, 6) is -1.28. The highest BCUT2D eigenvalue weighted by Crippen LogP contribution is 2.61. The lowest BCUT2D eigenvalue weighted by Crippen LogP contribution is -2.61. The monoisotopic (exact) mass is 681 g/mol. The van der Waals surface area contributed by atoms with Gasteiger partial charge >= 0.3 is 11.9 Å². The molecule has 1 fully saturated rings. The van der Waals surface area contributed by atoms with Crippen molar-refractivity contribution >= 4 is 52.2 Å². The van der Waals surface area contributed by atoms with Crippen LogP contribution in [-0.2, 0) is 32.2 Å². The number of ether oxygens (including phenoxy) is 2. The Morgan fingerprint density at radius 3 is 1.71 bits per heavy atom. The van der Waals surface area contributed by atoms with Crippen molar-refractivity contribution in [3.05, 3.63) is 147 Å². The molecule has 4 aromatic rings. The van der Waals surface area contributed by atoms with Gasteiger partial charge in [-0.3, -0.25) is 0 Å². The molecule has 0 saturated carbocycles. The molecule has 2 aliphatic heterocycles. The van der Waals surface area contributed by atoms with Gasteiger partial charge in [-0.25, -0.2) is 9.59 Å². The van der Waals surface area contributed by atoms with E-state index in [1.807, 2.05) is 95.9 Å². The molecule has 2 heterocycles. The second-order valence-corrected chi connectivity index (χ2v) is 12.7. The molecule has 2 aliphatic rings. The Hall–Kier alpha value is -4.72. The first kappa shape index (κ1) is 33.2. The maximum Gasteiger partial charge on any atom is 0.335 e. The maximum absolute atomic E-state index is 13.8. The molecule has 0 amide bonds. The van der Waals surface area contributed by atoms with Crippen LogP contribution in [0.25, 0.3) is 0 Å². The molecule has 1 spiro atoms. The molecule has 246 valence electrons. The summed E-state index contributed by atoms with van der Waals surface area (Å²) in [5.41, 5.74) is 5.64. The number of hydrogen-bond acceptors (Lipinski definition) is 7. The van der Waals surface area contributed by atoms with E-state index in [0.29, 0.717) is 46.5 Å². The molecule has 0 bridgehead atoms. The molecule has 1 unspecified atom stereocenters. The zero-order valence-electron chi connectivity index (χ0n) is 27.3. The predicted molar refractivity (Wildman–Crippen MR) is 192 cm³/mol. The first-order chi connectivity index (χ1) is 23.2.